The number of aromatic amines is 1. The molecular formula is C18H21ClN4O2S. The van der Waals surface area contributed by atoms with Gasteiger partial charge in [0.15, 0.2) is 5.03 Å². The summed E-state index contributed by atoms with van der Waals surface area (Å²) in [5, 5.41) is 11.1. The molecule has 26 heavy (non-hydrogen) atoms. The van der Waals surface area contributed by atoms with Gasteiger partial charge < -0.3 is 10.2 Å². The monoisotopic (exact) mass is 392 g/mol. The maximum atomic E-state index is 12.9. The number of piperazine rings is 1. The Morgan fingerprint density at radius 3 is 2.42 bits per heavy atom. The highest BCUT2D eigenvalue weighted by Crippen LogP contribution is 2.29. The molecule has 0 bridgehead atoms. The van der Waals surface area contributed by atoms with Crippen LogP contribution < -0.4 is 10.2 Å². The maximum Gasteiger partial charge on any atom is 0.223 e. The fourth-order valence-electron chi connectivity index (χ4n) is 3.14. The van der Waals surface area contributed by atoms with Crippen molar-refractivity contribution in [1.82, 2.24) is 15.5 Å². The fraction of sp³-hybridized carbons (Fsp3) is 0.278. The van der Waals surface area contributed by atoms with Gasteiger partial charge in [0, 0.05) is 37.3 Å². The minimum Gasteiger partial charge on any atom is -0.369 e. The number of anilines is 1. The standard InChI is InChI=1S/C18H20N4O2S.ClH/c1-13-2-5-15(6-3-13)25(23,24)18-16-7-4-14(12-17(16)20-21-18)22-10-8-19-9-11-22;/h2-7,12,19H,8-11H2,1H3,(H,20,21);1H. The molecule has 4 rings (SSSR count). The molecule has 0 amide bonds. The molecule has 0 saturated carbocycles. The highest BCUT2D eigenvalue weighted by molar-refractivity contribution is 7.91. The molecule has 2 heterocycles. The molecule has 0 unspecified atom stereocenters. The van der Waals surface area contributed by atoms with E-state index in [0.29, 0.717) is 10.9 Å². The number of H-pyrrole nitrogens is 1. The van der Waals surface area contributed by atoms with Crippen LogP contribution in [0.5, 0.6) is 0 Å². The number of halogens is 1. The predicted octanol–water partition coefficient (Wildman–Crippen LogP) is 2.54. The summed E-state index contributed by atoms with van der Waals surface area (Å²) in [6, 6.07) is 12.6. The third-order valence-corrected chi connectivity index (χ3v) is 6.33. The van der Waals surface area contributed by atoms with Crippen LogP contribution in [0.3, 0.4) is 0 Å². The van der Waals surface area contributed by atoms with Crippen molar-refractivity contribution in [3.05, 3.63) is 48.0 Å². The molecule has 0 radical (unpaired) electrons. The lowest BCUT2D eigenvalue weighted by Gasteiger charge is -2.29. The summed E-state index contributed by atoms with van der Waals surface area (Å²) >= 11 is 0. The van der Waals surface area contributed by atoms with Gasteiger partial charge in [0.2, 0.25) is 9.84 Å². The summed E-state index contributed by atoms with van der Waals surface area (Å²) < 4.78 is 25.8. The predicted molar refractivity (Wildman–Crippen MR) is 105 cm³/mol. The molecule has 6 nitrogen and oxygen atoms in total. The molecule has 0 aliphatic carbocycles. The van der Waals surface area contributed by atoms with Gasteiger partial charge in [0.1, 0.15) is 0 Å². The first-order chi connectivity index (χ1) is 12.1. The van der Waals surface area contributed by atoms with E-state index < -0.39 is 9.84 Å². The van der Waals surface area contributed by atoms with E-state index >= 15 is 0 Å². The molecule has 1 fully saturated rings. The van der Waals surface area contributed by atoms with Gasteiger partial charge in [-0.05, 0) is 37.3 Å². The molecule has 2 aromatic carbocycles. The van der Waals surface area contributed by atoms with Crippen molar-refractivity contribution in [2.24, 2.45) is 0 Å². The van der Waals surface area contributed by atoms with Crippen molar-refractivity contribution >= 4 is 38.8 Å². The first-order valence-corrected chi connectivity index (χ1v) is 9.79. The molecule has 138 valence electrons. The van der Waals surface area contributed by atoms with E-state index in [0.717, 1.165) is 37.4 Å². The van der Waals surface area contributed by atoms with Crippen LogP contribution in [0.2, 0.25) is 0 Å². The van der Waals surface area contributed by atoms with Crippen molar-refractivity contribution in [2.75, 3.05) is 31.1 Å². The molecule has 0 atom stereocenters. The van der Waals surface area contributed by atoms with Crippen molar-refractivity contribution in [2.45, 2.75) is 16.8 Å². The third kappa shape index (κ3) is 3.30. The van der Waals surface area contributed by atoms with Gasteiger partial charge in [-0.3, -0.25) is 5.10 Å². The molecule has 1 aromatic heterocycles. The molecule has 1 saturated heterocycles. The molecule has 1 aliphatic heterocycles. The van der Waals surface area contributed by atoms with Crippen LogP contribution in [0.1, 0.15) is 5.56 Å². The fourth-order valence-corrected chi connectivity index (χ4v) is 4.49. The number of nitrogens with one attached hydrogen (secondary N) is 2. The van der Waals surface area contributed by atoms with E-state index in [-0.39, 0.29) is 22.3 Å². The summed E-state index contributed by atoms with van der Waals surface area (Å²) in [5.41, 5.74) is 2.76. The van der Waals surface area contributed by atoms with E-state index in [1.54, 1.807) is 24.3 Å². The van der Waals surface area contributed by atoms with Crippen LogP contribution in [0.15, 0.2) is 52.4 Å². The van der Waals surface area contributed by atoms with Crippen molar-refractivity contribution in [1.29, 1.82) is 0 Å². The largest absolute Gasteiger partial charge is 0.369 e. The maximum absolute atomic E-state index is 12.9. The van der Waals surface area contributed by atoms with Crippen LogP contribution in [-0.2, 0) is 9.84 Å². The molecule has 3 aromatic rings. The summed E-state index contributed by atoms with van der Waals surface area (Å²) in [7, 11) is -3.62. The Morgan fingerprint density at radius 2 is 1.73 bits per heavy atom. The summed E-state index contributed by atoms with van der Waals surface area (Å²) in [6.45, 7) is 5.70. The Bertz CT molecular complexity index is 1010. The Morgan fingerprint density at radius 1 is 1.04 bits per heavy atom. The highest BCUT2D eigenvalue weighted by atomic mass is 35.5. The Kier molecular flexibility index (Phi) is 5.22. The minimum absolute atomic E-state index is 0. The van der Waals surface area contributed by atoms with E-state index in [2.05, 4.69) is 20.4 Å². The number of sulfone groups is 1. The van der Waals surface area contributed by atoms with E-state index in [1.165, 1.54) is 0 Å². The summed E-state index contributed by atoms with van der Waals surface area (Å²) in [4.78, 5) is 2.55. The number of aryl methyl sites for hydroxylation is 1. The zero-order chi connectivity index (χ0) is 17.4. The van der Waals surface area contributed by atoms with Gasteiger partial charge in [-0.1, -0.05) is 17.7 Å². The lowest BCUT2D eigenvalue weighted by molar-refractivity contribution is 0.589. The Balaban J connectivity index is 0.00000196. The Labute approximate surface area is 158 Å². The van der Waals surface area contributed by atoms with Crippen molar-refractivity contribution < 1.29 is 8.42 Å². The number of fused-ring (bicyclic) bond motifs is 1. The number of hydrogen-bond acceptors (Lipinski definition) is 5. The smallest absolute Gasteiger partial charge is 0.223 e. The second-order valence-electron chi connectivity index (χ2n) is 6.31. The van der Waals surface area contributed by atoms with Crippen LogP contribution in [0, 0.1) is 6.92 Å². The summed E-state index contributed by atoms with van der Waals surface area (Å²) in [6.07, 6.45) is 0. The van der Waals surface area contributed by atoms with Crippen LogP contribution in [0.25, 0.3) is 10.9 Å². The van der Waals surface area contributed by atoms with Gasteiger partial charge in [0.25, 0.3) is 0 Å². The number of aromatic nitrogens is 2. The van der Waals surface area contributed by atoms with Crippen LogP contribution in [0.4, 0.5) is 5.69 Å². The van der Waals surface area contributed by atoms with Gasteiger partial charge in [-0.15, -0.1) is 12.4 Å². The minimum atomic E-state index is -3.62. The molecule has 1 aliphatic rings. The number of nitrogens with zero attached hydrogens (tertiary/aromatic N) is 2. The first-order valence-electron chi connectivity index (χ1n) is 8.31. The number of hydrogen-bond donors (Lipinski definition) is 2. The molecule has 0 spiro atoms. The van der Waals surface area contributed by atoms with E-state index in [9.17, 15) is 8.42 Å². The molecule has 8 heteroatoms. The number of benzene rings is 2. The van der Waals surface area contributed by atoms with Crippen LogP contribution in [-0.4, -0.2) is 44.8 Å². The second kappa shape index (κ2) is 7.26. The third-order valence-electron chi connectivity index (χ3n) is 4.59. The molecule has 2 N–H and O–H groups in total. The van der Waals surface area contributed by atoms with Crippen LogP contribution >= 0.6 is 12.4 Å². The molecular weight excluding hydrogens is 372 g/mol. The number of rotatable bonds is 3. The SMILES string of the molecule is Cc1ccc(S(=O)(=O)c2[nH]nc3cc(N4CCNCC4)ccc23)cc1.Cl. The van der Waals surface area contributed by atoms with Gasteiger partial charge in [-0.25, -0.2) is 8.42 Å². The quantitative estimate of drug-likeness (QED) is 0.716. The van der Waals surface area contributed by atoms with E-state index in [1.807, 2.05) is 25.1 Å². The van der Waals surface area contributed by atoms with Gasteiger partial charge in [-0.2, -0.15) is 5.10 Å². The normalized spacial score (nSPS) is 15.0. The van der Waals surface area contributed by atoms with E-state index in [4.69, 9.17) is 0 Å². The average molecular weight is 393 g/mol. The topological polar surface area (TPSA) is 78.1 Å². The second-order valence-corrected chi connectivity index (χ2v) is 8.19. The average Bonchev–Trinajstić information content (AvgIpc) is 3.07. The Hall–Kier alpha value is -2.09. The van der Waals surface area contributed by atoms with Gasteiger partial charge in [0.05, 0.1) is 10.4 Å². The lowest BCUT2D eigenvalue weighted by Crippen LogP contribution is -2.43. The first kappa shape index (κ1) is 18.7. The zero-order valence-corrected chi connectivity index (χ0v) is 16.0. The lowest BCUT2D eigenvalue weighted by atomic mass is 10.2. The van der Waals surface area contributed by atoms with Crippen molar-refractivity contribution in [3.8, 4) is 0 Å². The van der Waals surface area contributed by atoms with Gasteiger partial charge >= 0.3 is 0 Å². The summed E-state index contributed by atoms with van der Waals surface area (Å²) in [5.74, 6) is 0. The highest BCUT2D eigenvalue weighted by Gasteiger charge is 2.23. The van der Waals surface area contributed by atoms with Crippen molar-refractivity contribution in [3.63, 3.8) is 0 Å². The zero-order valence-electron chi connectivity index (χ0n) is 14.4.